The molecule has 0 aromatic heterocycles. The van der Waals surface area contributed by atoms with E-state index in [1.807, 2.05) is 13.8 Å². The van der Waals surface area contributed by atoms with E-state index in [-0.39, 0.29) is 12.0 Å². The zero-order valence-electron chi connectivity index (χ0n) is 6.89. The van der Waals surface area contributed by atoms with Crippen molar-refractivity contribution in [2.75, 3.05) is 7.11 Å². The third kappa shape index (κ3) is 2.35. The minimum Gasteiger partial charge on any atom is -0.465 e. The Kier molecular flexibility index (Phi) is 4.03. The van der Waals surface area contributed by atoms with Gasteiger partial charge in [0, 0.05) is 5.92 Å². The molecule has 0 aromatic carbocycles. The van der Waals surface area contributed by atoms with E-state index in [1.165, 1.54) is 7.11 Å². The van der Waals surface area contributed by atoms with E-state index < -0.39 is 0 Å². The van der Waals surface area contributed by atoms with Gasteiger partial charge in [0.15, 0.2) is 6.04 Å². The molecule has 0 saturated carbocycles. The molecule has 0 spiro atoms. The van der Waals surface area contributed by atoms with Crippen molar-refractivity contribution in [3.8, 4) is 0 Å². The van der Waals surface area contributed by atoms with Gasteiger partial charge >= 0.3 is 5.97 Å². The first-order valence-corrected chi connectivity index (χ1v) is 3.54. The number of quaternary nitrogens is 1. The van der Waals surface area contributed by atoms with Crippen LogP contribution in [0.25, 0.3) is 0 Å². The van der Waals surface area contributed by atoms with E-state index in [9.17, 15) is 4.79 Å². The number of carbonyl (C=O) groups is 1. The highest BCUT2D eigenvalue weighted by molar-refractivity contribution is 5.74. The fraction of sp³-hybridized carbons (Fsp3) is 0.857. The van der Waals surface area contributed by atoms with Crippen LogP contribution in [-0.4, -0.2) is 19.1 Å². The Morgan fingerprint density at radius 3 is 2.50 bits per heavy atom. The molecule has 3 N–H and O–H groups in total. The number of carbonyl (C=O) groups excluding carboxylic acids is 1. The normalized spacial score (nSPS) is 16.0. The molecule has 3 heteroatoms. The number of hydrogen-bond donors (Lipinski definition) is 1. The van der Waals surface area contributed by atoms with Gasteiger partial charge in [0.05, 0.1) is 7.11 Å². The minimum absolute atomic E-state index is 0.213. The Hall–Kier alpha value is -0.570. The van der Waals surface area contributed by atoms with Gasteiger partial charge in [-0.25, -0.2) is 4.79 Å². The van der Waals surface area contributed by atoms with Crippen molar-refractivity contribution in [3.63, 3.8) is 0 Å². The van der Waals surface area contributed by atoms with Crippen LogP contribution >= 0.6 is 0 Å². The highest BCUT2D eigenvalue weighted by Gasteiger charge is 2.23. The molecular formula is C7H16NO2+. The van der Waals surface area contributed by atoms with Crippen LogP contribution in [0.4, 0.5) is 0 Å². The number of hydrogen-bond acceptors (Lipinski definition) is 2. The van der Waals surface area contributed by atoms with Crippen LogP contribution in [0.5, 0.6) is 0 Å². The Bertz CT molecular complexity index is 114. The second-order valence-electron chi connectivity index (χ2n) is 2.52. The first-order chi connectivity index (χ1) is 4.63. The lowest BCUT2D eigenvalue weighted by Gasteiger charge is -2.11. The lowest BCUT2D eigenvalue weighted by Crippen LogP contribution is -2.68. The molecule has 3 nitrogen and oxygen atoms in total. The van der Waals surface area contributed by atoms with Gasteiger partial charge in [0.1, 0.15) is 0 Å². The summed E-state index contributed by atoms with van der Waals surface area (Å²) in [5.74, 6) is 0.0989. The monoisotopic (exact) mass is 146 g/mol. The molecule has 0 aliphatic carbocycles. The highest BCUT2D eigenvalue weighted by Crippen LogP contribution is 2.04. The second kappa shape index (κ2) is 4.28. The Labute approximate surface area is 61.5 Å². The largest absolute Gasteiger partial charge is 0.465 e. The van der Waals surface area contributed by atoms with Crippen molar-refractivity contribution in [2.45, 2.75) is 26.3 Å². The van der Waals surface area contributed by atoms with E-state index in [0.29, 0.717) is 5.92 Å². The average molecular weight is 146 g/mol. The van der Waals surface area contributed by atoms with Crippen molar-refractivity contribution in [1.82, 2.24) is 0 Å². The van der Waals surface area contributed by atoms with Crippen molar-refractivity contribution < 1.29 is 15.3 Å². The number of methoxy groups -OCH3 is 1. The summed E-state index contributed by atoms with van der Waals surface area (Å²) in [4.78, 5) is 10.8. The van der Waals surface area contributed by atoms with Gasteiger partial charge in [-0.1, -0.05) is 13.8 Å². The van der Waals surface area contributed by atoms with Gasteiger partial charge in [-0.2, -0.15) is 0 Å². The van der Waals surface area contributed by atoms with Crippen molar-refractivity contribution in [1.29, 1.82) is 0 Å². The third-order valence-corrected chi connectivity index (χ3v) is 1.83. The molecule has 10 heavy (non-hydrogen) atoms. The topological polar surface area (TPSA) is 53.9 Å². The van der Waals surface area contributed by atoms with E-state index in [4.69, 9.17) is 0 Å². The number of rotatable bonds is 3. The van der Waals surface area contributed by atoms with E-state index in [0.717, 1.165) is 6.42 Å². The predicted octanol–water partition coefficient (Wildman–Crippen LogP) is -0.184. The molecule has 0 aliphatic heterocycles. The summed E-state index contributed by atoms with van der Waals surface area (Å²) in [5, 5.41) is 0. The van der Waals surface area contributed by atoms with Crippen LogP contribution in [0.1, 0.15) is 20.3 Å². The van der Waals surface area contributed by atoms with Crippen LogP contribution in [-0.2, 0) is 9.53 Å². The number of ether oxygens (including phenoxy) is 1. The van der Waals surface area contributed by atoms with Crippen LogP contribution in [0.15, 0.2) is 0 Å². The maximum atomic E-state index is 10.8. The molecule has 0 radical (unpaired) electrons. The Morgan fingerprint density at radius 2 is 2.20 bits per heavy atom. The van der Waals surface area contributed by atoms with Gasteiger partial charge in [-0.05, 0) is 6.42 Å². The lowest BCUT2D eigenvalue weighted by atomic mass is 10.0. The first-order valence-electron chi connectivity index (χ1n) is 3.54. The summed E-state index contributed by atoms with van der Waals surface area (Å²) in [5.41, 5.74) is 3.70. The van der Waals surface area contributed by atoms with Crippen molar-refractivity contribution in [2.24, 2.45) is 5.92 Å². The molecule has 0 aliphatic rings. The first kappa shape index (κ1) is 9.43. The fourth-order valence-electron chi connectivity index (χ4n) is 0.668. The third-order valence-electron chi connectivity index (χ3n) is 1.83. The molecule has 0 heterocycles. The van der Waals surface area contributed by atoms with Crippen LogP contribution < -0.4 is 5.73 Å². The standard InChI is InChI=1S/C7H15NO2/c1-4-5(2)6(8)7(9)10-3/h5-6H,4,8H2,1-3H3/p+1/t5-,6+/m0/s1. The summed E-state index contributed by atoms with van der Waals surface area (Å²) in [7, 11) is 1.39. The second-order valence-corrected chi connectivity index (χ2v) is 2.52. The average Bonchev–Trinajstić information content (AvgIpc) is 2.00. The van der Waals surface area contributed by atoms with Gasteiger partial charge in [0.25, 0.3) is 0 Å². The summed E-state index contributed by atoms with van der Waals surface area (Å²) < 4.78 is 4.53. The molecule has 0 rings (SSSR count). The van der Waals surface area contributed by atoms with Gasteiger partial charge in [-0.3, -0.25) is 0 Å². The molecule has 0 amide bonds. The maximum Gasteiger partial charge on any atom is 0.364 e. The van der Waals surface area contributed by atoms with Crippen LogP contribution in [0, 0.1) is 5.92 Å². The predicted molar refractivity (Wildman–Crippen MR) is 38.1 cm³/mol. The van der Waals surface area contributed by atoms with Gasteiger partial charge < -0.3 is 10.5 Å². The van der Waals surface area contributed by atoms with E-state index >= 15 is 0 Å². The molecule has 0 saturated heterocycles. The molecule has 0 bridgehead atoms. The molecule has 60 valence electrons. The zero-order chi connectivity index (χ0) is 8.15. The van der Waals surface area contributed by atoms with E-state index in [2.05, 4.69) is 10.5 Å². The lowest BCUT2D eigenvalue weighted by molar-refractivity contribution is -0.419. The Balaban J connectivity index is 3.81. The Morgan fingerprint density at radius 1 is 1.70 bits per heavy atom. The number of esters is 1. The zero-order valence-corrected chi connectivity index (χ0v) is 6.89. The molecule has 0 aromatic rings. The van der Waals surface area contributed by atoms with Crippen LogP contribution in [0.3, 0.4) is 0 Å². The van der Waals surface area contributed by atoms with Crippen molar-refractivity contribution in [3.05, 3.63) is 0 Å². The summed E-state index contributed by atoms with van der Waals surface area (Å²) in [6.07, 6.45) is 0.962. The van der Waals surface area contributed by atoms with E-state index in [1.54, 1.807) is 0 Å². The summed E-state index contributed by atoms with van der Waals surface area (Å²) in [6.45, 7) is 4.03. The maximum absolute atomic E-state index is 10.8. The summed E-state index contributed by atoms with van der Waals surface area (Å²) >= 11 is 0. The van der Waals surface area contributed by atoms with Crippen LogP contribution in [0.2, 0.25) is 0 Å². The fourth-order valence-corrected chi connectivity index (χ4v) is 0.668. The minimum atomic E-state index is -0.214. The smallest absolute Gasteiger partial charge is 0.364 e. The molecule has 2 atom stereocenters. The van der Waals surface area contributed by atoms with Crippen molar-refractivity contribution >= 4 is 5.97 Å². The SMILES string of the molecule is CC[C@H](C)[C@@H]([NH3+])C(=O)OC. The highest BCUT2D eigenvalue weighted by atomic mass is 16.5. The van der Waals surface area contributed by atoms with Gasteiger partial charge in [-0.15, -0.1) is 0 Å². The quantitative estimate of drug-likeness (QED) is 0.561. The molecule has 0 unspecified atom stereocenters. The molecular weight excluding hydrogens is 130 g/mol. The van der Waals surface area contributed by atoms with Gasteiger partial charge in [0.2, 0.25) is 0 Å². The summed E-state index contributed by atoms with van der Waals surface area (Å²) in [6, 6.07) is -0.213. The molecule has 0 fully saturated rings.